The Bertz CT molecular complexity index is 419. The average molecular weight is 192 g/mol. The molecule has 1 heterocycles. The third-order valence-corrected chi connectivity index (χ3v) is 2.25. The van der Waals surface area contributed by atoms with E-state index in [9.17, 15) is 4.79 Å². The zero-order valence-electron chi connectivity index (χ0n) is 7.73. The molecular weight excluding hydrogens is 180 g/mol. The summed E-state index contributed by atoms with van der Waals surface area (Å²) in [5.74, 6) is -0.00236. The van der Waals surface area contributed by atoms with Crippen LogP contribution in [0.2, 0.25) is 0 Å². The van der Waals surface area contributed by atoms with E-state index in [4.69, 9.17) is 11.1 Å². The molecule has 1 aliphatic carbocycles. The van der Waals surface area contributed by atoms with Crippen LogP contribution in [0.15, 0.2) is 17.3 Å². The zero-order valence-corrected chi connectivity index (χ0v) is 7.73. The standard InChI is InChI=1S/C9H12N4O/c10-8(11)3-6-4-12-5-13(9(6)14)7-1-2-7/h4-5,7H,1-3H2,(H3,10,11). The Balaban J connectivity index is 2.36. The normalized spacial score (nSPS) is 15.4. The van der Waals surface area contributed by atoms with Gasteiger partial charge in [0.15, 0.2) is 0 Å². The van der Waals surface area contributed by atoms with Crippen molar-refractivity contribution < 1.29 is 0 Å². The van der Waals surface area contributed by atoms with Crippen LogP contribution in [-0.2, 0) is 6.42 Å². The number of hydrogen-bond acceptors (Lipinski definition) is 3. The molecule has 3 N–H and O–H groups in total. The average Bonchev–Trinajstić information content (AvgIpc) is 2.91. The molecule has 5 heteroatoms. The Hall–Kier alpha value is -1.65. The van der Waals surface area contributed by atoms with Crippen LogP contribution in [0.4, 0.5) is 0 Å². The number of aromatic nitrogens is 2. The first-order valence-electron chi connectivity index (χ1n) is 4.56. The molecule has 0 atom stereocenters. The van der Waals surface area contributed by atoms with Crippen molar-refractivity contribution >= 4 is 5.84 Å². The zero-order chi connectivity index (χ0) is 10.1. The summed E-state index contributed by atoms with van der Waals surface area (Å²) in [5, 5.41) is 7.12. The Labute approximate surface area is 81.1 Å². The minimum atomic E-state index is -0.0577. The van der Waals surface area contributed by atoms with E-state index in [0.29, 0.717) is 11.6 Å². The largest absolute Gasteiger partial charge is 0.387 e. The lowest BCUT2D eigenvalue weighted by Crippen LogP contribution is -2.26. The van der Waals surface area contributed by atoms with Gasteiger partial charge in [-0.15, -0.1) is 0 Å². The van der Waals surface area contributed by atoms with Gasteiger partial charge in [-0.1, -0.05) is 0 Å². The van der Waals surface area contributed by atoms with Gasteiger partial charge >= 0.3 is 0 Å². The highest BCUT2D eigenvalue weighted by Gasteiger charge is 2.25. The fourth-order valence-corrected chi connectivity index (χ4v) is 1.41. The van der Waals surface area contributed by atoms with Gasteiger partial charge in [0.1, 0.15) is 0 Å². The van der Waals surface area contributed by atoms with Crippen LogP contribution in [0.25, 0.3) is 0 Å². The van der Waals surface area contributed by atoms with Crippen LogP contribution >= 0.6 is 0 Å². The third-order valence-electron chi connectivity index (χ3n) is 2.25. The topological polar surface area (TPSA) is 84.8 Å². The Morgan fingerprint density at radius 2 is 2.43 bits per heavy atom. The van der Waals surface area contributed by atoms with Crippen molar-refractivity contribution in [2.75, 3.05) is 0 Å². The maximum Gasteiger partial charge on any atom is 0.257 e. The van der Waals surface area contributed by atoms with Gasteiger partial charge in [0.05, 0.1) is 12.2 Å². The molecular formula is C9H12N4O. The highest BCUT2D eigenvalue weighted by molar-refractivity contribution is 5.79. The van der Waals surface area contributed by atoms with Gasteiger partial charge in [0, 0.05) is 24.2 Å². The van der Waals surface area contributed by atoms with Gasteiger partial charge in [-0.05, 0) is 12.8 Å². The van der Waals surface area contributed by atoms with Crippen molar-refractivity contribution in [3.05, 3.63) is 28.4 Å². The molecule has 1 aliphatic rings. The van der Waals surface area contributed by atoms with E-state index >= 15 is 0 Å². The van der Waals surface area contributed by atoms with E-state index in [1.54, 1.807) is 10.9 Å². The molecule has 0 unspecified atom stereocenters. The monoisotopic (exact) mass is 192 g/mol. The fraction of sp³-hybridized carbons (Fsp3) is 0.444. The number of hydrogen-bond donors (Lipinski definition) is 2. The number of nitrogens with two attached hydrogens (primary N) is 1. The van der Waals surface area contributed by atoms with E-state index in [1.165, 1.54) is 6.20 Å². The first-order valence-corrected chi connectivity index (χ1v) is 4.56. The van der Waals surface area contributed by atoms with Crippen LogP contribution in [0.3, 0.4) is 0 Å². The number of rotatable bonds is 3. The Morgan fingerprint density at radius 3 is 3.00 bits per heavy atom. The Morgan fingerprint density at radius 1 is 1.71 bits per heavy atom. The molecule has 2 rings (SSSR count). The van der Waals surface area contributed by atoms with Crippen LogP contribution in [0.5, 0.6) is 0 Å². The predicted molar refractivity (Wildman–Crippen MR) is 52.4 cm³/mol. The van der Waals surface area contributed by atoms with E-state index < -0.39 is 0 Å². The first-order chi connectivity index (χ1) is 6.68. The summed E-state index contributed by atoms with van der Waals surface area (Å²) >= 11 is 0. The van der Waals surface area contributed by atoms with Crippen LogP contribution in [-0.4, -0.2) is 15.4 Å². The lowest BCUT2D eigenvalue weighted by Gasteiger charge is -2.04. The van der Waals surface area contributed by atoms with Gasteiger partial charge < -0.3 is 5.73 Å². The SMILES string of the molecule is N=C(N)Cc1cncn(C2CC2)c1=O. The van der Waals surface area contributed by atoms with Crippen LogP contribution < -0.4 is 11.3 Å². The molecule has 0 saturated heterocycles. The molecule has 5 nitrogen and oxygen atoms in total. The van der Waals surface area contributed by atoms with Gasteiger partial charge in [-0.3, -0.25) is 14.8 Å². The van der Waals surface area contributed by atoms with Crippen LogP contribution in [0, 0.1) is 5.41 Å². The number of amidine groups is 1. The molecule has 1 fully saturated rings. The summed E-state index contributed by atoms with van der Waals surface area (Å²) in [6.45, 7) is 0. The minimum Gasteiger partial charge on any atom is -0.387 e. The van der Waals surface area contributed by atoms with Gasteiger partial charge in [-0.2, -0.15) is 0 Å². The summed E-state index contributed by atoms with van der Waals surface area (Å²) in [4.78, 5) is 15.7. The second-order valence-electron chi connectivity index (χ2n) is 3.56. The molecule has 1 aromatic rings. The van der Waals surface area contributed by atoms with Crippen molar-refractivity contribution in [1.82, 2.24) is 9.55 Å². The summed E-state index contributed by atoms with van der Waals surface area (Å²) in [5.41, 5.74) is 5.69. The van der Waals surface area contributed by atoms with Crippen molar-refractivity contribution in [3.63, 3.8) is 0 Å². The second kappa shape index (κ2) is 3.25. The van der Waals surface area contributed by atoms with Crippen molar-refractivity contribution in [1.29, 1.82) is 5.41 Å². The quantitative estimate of drug-likeness (QED) is 0.524. The summed E-state index contributed by atoms with van der Waals surface area (Å²) < 4.78 is 1.64. The summed E-state index contributed by atoms with van der Waals surface area (Å²) in [6, 6.07) is 0.321. The fourth-order valence-electron chi connectivity index (χ4n) is 1.41. The molecule has 1 saturated carbocycles. The number of nitrogens with zero attached hydrogens (tertiary/aromatic N) is 2. The summed E-state index contributed by atoms with van der Waals surface area (Å²) in [6.07, 6.45) is 5.34. The minimum absolute atomic E-state index is 0.00236. The van der Waals surface area contributed by atoms with Gasteiger partial charge in [-0.25, -0.2) is 4.98 Å². The molecule has 1 aromatic heterocycles. The Kier molecular flexibility index (Phi) is 2.07. The molecule has 0 bridgehead atoms. The maximum absolute atomic E-state index is 11.8. The summed E-state index contributed by atoms with van der Waals surface area (Å²) in [7, 11) is 0. The van der Waals surface area contributed by atoms with Crippen molar-refractivity contribution in [2.45, 2.75) is 25.3 Å². The number of nitrogens with one attached hydrogen (secondary N) is 1. The van der Waals surface area contributed by atoms with E-state index in [0.717, 1.165) is 12.8 Å². The molecule has 0 aliphatic heterocycles. The van der Waals surface area contributed by atoms with E-state index in [1.807, 2.05) is 0 Å². The van der Waals surface area contributed by atoms with Crippen LogP contribution in [0.1, 0.15) is 24.4 Å². The predicted octanol–water partition coefficient (Wildman–Crippen LogP) is 0.0567. The highest BCUT2D eigenvalue weighted by atomic mass is 16.1. The lowest BCUT2D eigenvalue weighted by molar-refractivity contribution is 0.679. The van der Waals surface area contributed by atoms with Gasteiger partial charge in [0.25, 0.3) is 5.56 Å². The van der Waals surface area contributed by atoms with Gasteiger partial charge in [0.2, 0.25) is 0 Å². The molecule has 0 spiro atoms. The van der Waals surface area contributed by atoms with E-state index in [2.05, 4.69) is 4.98 Å². The second-order valence-corrected chi connectivity index (χ2v) is 3.56. The first kappa shape index (κ1) is 8.93. The molecule has 74 valence electrons. The molecule has 0 amide bonds. The van der Waals surface area contributed by atoms with Crippen molar-refractivity contribution in [3.8, 4) is 0 Å². The van der Waals surface area contributed by atoms with E-state index in [-0.39, 0.29) is 17.8 Å². The molecule has 14 heavy (non-hydrogen) atoms. The molecule has 0 radical (unpaired) electrons. The lowest BCUT2D eigenvalue weighted by atomic mass is 10.2. The van der Waals surface area contributed by atoms with Crippen molar-refractivity contribution in [2.24, 2.45) is 5.73 Å². The smallest absolute Gasteiger partial charge is 0.257 e. The third kappa shape index (κ3) is 1.66. The highest BCUT2D eigenvalue weighted by Crippen LogP contribution is 2.32. The molecule has 0 aromatic carbocycles. The maximum atomic E-state index is 11.8.